The molecule has 4 N–H and O–H groups in total. The smallest absolute Gasteiger partial charge is 0.267 e. The van der Waals surface area contributed by atoms with Crippen molar-refractivity contribution in [1.82, 2.24) is 5.32 Å². The lowest BCUT2D eigenvalue weighted by atomic mass is 10.0. The first-order chi connectivity index (χ1) is 17.7. The Hall–Kier alpha value is -1.22. The molecule has 0 rings (SSSR count). The number of carbonyl (C=O) groups is 1. The minimum atomic E-state index is -4.43. The molecule has 0 spiro atoms. The molecule has 0 saturated carbocycles. The van der Waals surface area contributed by atoms with Crippen LogP contribution in [0.5, 0.6) is 0 Å². The lowest BCUT2D eigenvalue weighted by molar-refractivity contribution is -0.130. The highest BCUT2D eigenvalue weighted by Crippen LogP contribution is 2.12. The van der Waals surface area contributed by atoms with Gasteiger partial charge in [0.05, 0.1) is 17.9 Å². The zero-order valence-electron chi connectivity index (χ0n) is 23.5. The maximum atomic E-state index is 12.4. The number of aliphatic hydroxyl groups excluding tert-OH is 2. The lowest BCUT2D eigenvalue weighted by Gasteiger charge is -2.22. The predicted molar refractivity (Wildman–Crippen MR) is 153 cm³/mol. The lowest BCUT2D eigenvalue weighted by Crippen LogP contribution is -2.50. The number of hydrogen-bond donors (Lipinski definition) is 4. The van der Waals surface area contributed by atoms with Crippen LogP contribution in [-0.4, -0.2) is 53.1 Å². The first kappa shape index (κ1) is 35.8. The van der Waals surface area contributed by atoms with Crippen molar-refractivity contribution in [3.8, 4) is 0 Å². The number of rotatable bonds is 25. The molecule has 0 bridgehead atoms. The third-order valence-corrected chi connectivity index (χ3v) is 7.27. The molecule has 0 aromatic carbocycles. The highest BCUT2D eigenvalue weighted by atomic mass is 32.2. The van der Waals surface area contributed by atoms with Crippen LogP contribution in [-0.2, 0) is 14.9 Å². The molecule has 1 amide bonds. The summed E-state index contributed by atoms with van der Waals surface area (Å²) in [7, 11) is -4.43. The van der Waals surface area contributed by atoms with E-state index in [1.165, 1.54) is 70.3 Å². The van der Waals surface area contributed by atoms with Crippen molar-refractivity contribution in [2.24, 2.45) is 0 Å². The molecule has 0 aliphatic carbocycles. The Kier molecular flexibility index (Phi) is 23.1. The predicted octanol–water partition coefficient (Wildman–Crippen LogP) is 6.25. The second kappa shape index (κ2) is 23.9. The fourth-order valence-electron chi connectivity index (χ4n) is 4.17. The first-order valence-electron chi connectivity index (χ1n) is 14.6. The molecule has 8 heteroatoms. The molecule has 0 saturated heterocycles. The summed E-state index contributed by atoms with van der Waals surface area (Å²) < 4.78 is 32.1. The van der Waals surface area contributed by atoms with Gasteiger partial charge in [0.2, 0.25) is 5.91 Å². The quantitative estimate of drug-likeness (QED) is 0.0610. The summed E-state index contributed by atoms with van der Waals surface area (Å²) in [4.78, 5) is 12.4. The van der Waals surface area contributed by atoms with Crippen LogP contribution in [0, 0.1) is 0 Å². The number of allylic oxidation sites excluding steroid dienone is 3. The minimum absolute atomic E-state index is 0.274. The van der Waals surface area contributed by atoms with Gasteiger partial charge in [-0.15, -0.1) is 0 Å². The molecule has 7 nitrogen and oxygen atoms in total. The third-order valence-electron chi connectivity index (χ3n) is 6.49. The number of carbonyl (C=O) groups excluding carboxylic acids is 1. The fourth-order valence-corrected chi connectivity index (χ4v) is 4.91. The van der Waals surface area contributed by atoms with Gasteiger partial charge in [-0.1, -0.05) is 122 Å². The van der Waals surface area contributed by atoms with E-state index < -0.39 is 40.0 Å². The number of aliphatic hydroxyl groups is 2. The average Bonchev–Trinajstić information content (AvgIpc) is 2.84. The van der Waals surface area contributed by atoms with Crippen molar-refractivity contribution in [2.45, 2.75) is 148 Å². The fraction of sp³-hybridized carbons (Fsp3) is 0.828. The van der Waals surface area contributed by atoms with Gasteiger partial charge < -0.3 is 15.5 Å². The maximum absolute atomic E-state index is 12.4. The molecule has 0 fully saturated rings. The van der Waals surface area contributed by atoms with Crippen LogP contribution < -0.4 is 5.32 Å². The van der Waals surface area contributed by atoms with E-state index in [0.29, 0.717) is 12.8 Å². The summed E-state index contributed by atoms with van der Waals surface area (Å²) in [6, 6.07) is -1.24. The van der Waals surface area contributed by atoms with E-state index in [1.807, 2.05) is 0 Å². The summed E-state index contributed by atoms with van der Waals surface area (Å²) in [5.74, 6) is -1.56. The molecule has 0 heterocycles. The Morgan fingerprint density at radius 1 is 0.730 bits per heavy atom. The molecule has 218 valence electrons. The van der Waals surface area contributed by atoms with E-state index in [-0.39, 0.29) is 6.42 Å². The molecule has 3 atom stereocenters. The Morgan fingerprint density at radius 2 is 1.22 bits per heavy atom. The highest BCUT2D eigenvalue weighted by molar-refractivity contribution is 7.85. The van der Waals surface area contributed by atoms with Gasteiger partial charge in [-0.25, -0.2) is 0 Å². The van der Waals surface area contributed by atoms with E-state index in [2.05, 4.69) is 31.3 Å². The van der Waals surface area contributed by atoms with Crippen molar-refractivity contribution in [3.05, 3.63) is 24.3 Å². The third kappa shape index (κ3) is 23.6. The van der Waals surface area contributed by atoms with E-state index in [4.69, 9.17) is 0 Å². The molecular weight excluding hydrogens is 490 g/mol. The zero-order chi connectivity index (χ0) is 27.8. The van der Waals surface area contributed by atoms with Crippen molar-refractivity contribution < 1.29 is 28.0 Å². The maximum Gasteiger partial charge on any atom is 0.267 e. The molecule has 3 unspecified atom stereocenters. The van der Waals surface area contributed by atoms with Gasteiger partial charge >= 0.3 is 0 Å². The van der Waals surface area contributed by atoms with Gasteiger partial charge in [0.15, 0.2) is 0 Å². The largest absolute Gasteiger partial charge is 0.387 e. The summed E-state index contributed by atoms with van der Waals surface area (Å²) in [6.45, 7) is 4.39. The molecule has 0 aliphatic rings. The van der Waals surface area contributed by atoms with Crippen molar-refractivity contribution in [3.63, 3.8) is 0 Å². The van der Waals surface area contributed by atoms with Gasteiger partial charge in [0, 0.05) is 0 Å². The van der Waals surface area contributed by atoms with Crippen LogP contribution in [0.4, 0.5) is 0 Å². The van der Waals surface area contributed by atoms with E-state index in [9.17, 15) is 28.0 Å². The summed E-state index contributed by atoms with van der Waals surface area (Å²) in [5, 5.41) is 23.0. The second-order valence-electron chi connectivity index (χ2n) is 10.2. The number of unbranched alkanes of at least 4 members (excludes halogenated alkanes) is 14. The standard InChI is InChI=1S/C29H55NO6S/c1-3-5-7-9-11-13-14-15-16-18-19-21-23-27(31)26(25-37(34,35)36)30-29(33)28(32)24-22-20-17-12-10-8-6-4-2/h15-16,21,23,26-28,31-32H,3-14,17-20,22,24-25H2,1-2H3,(H,30,33)(H,34,35,36)/b16-15+,23-21+. The molecular formula is C29H55NO6S. The van der Waals surface area contributed by atoms with Crippen LogP contribution >= 0.6 is 0 Å². The number of nitrogens with one attached hydrogen (secondary N) is 1. The average molecular weight is 546 g/mol. The van der Waals surface area contributed by atoms with Crippen molar-refractivity contribution >= 4 is 16.0 Å². The van der Waals surface area contributed by atoms with Gasteiger partial charge in [-0.05, 0) is 32.1 Å². The van der Waals surface area contributed by atoms with Crippen LogP contribution in [0.1, 0.15) is 129 Å². The van der Waals surface area contributed by atoms with Gasteiger partial charge in [0.25, 0.3) is 10.1 Å². The van der Waals surface area contributed by atoms with Crippen LogP contribution in [0.3, 0.4) is 0 Å². The van der Waals surface area contributed by atoms with E-state index in [0.717, 1.165) is 32.1 Å². The molecule has 0 aromatic rings. The molecule has 0 aliphatic heterocycles. The second-order valence-corrected chi connectivity index (χ2v) is 11.7. The Labute approximate surface area is 227 Å². The zero-order valence-corrected chi connectivity index (χ0v) is 24.3. The molecule has 37 heavy (non-hydrogen) atoms. The summed E-state index contributed by atoms with van der Waals surface area (Å²) in [5.41, 5.74) is 0. The van der Waals surface area contributed by atoms with Gasteiger partial charge in [0.1, 0.15) is 6.10 Å². The Bertz CT molecular complexity index is 707. The Morgan fingerprint density at radius 3 is 1.78 bits per heavy atom. The molecule has 0 aromatic heterocycles. The highest BCUT2D eigenvalue weighted by Gasteiger charge is 2.27. The Balaban J connectivity index is 4.37. The van der Waals surface area contributed by atoms with Crippen LogP contribution in [0.2, 0.25) is 0 Å². The minimum Gasteiger partial charge on any atom is -0.387 e. The summed E-state index contributed by atoms with van der Waals surface area (Å²) in [6.07, 6.45) is 24.0. The topological polar surface area (TPSA) is 124 Å². The van der Waals surface area contributed by atoms with Gasteiger partial charge in [-0.2, -0.15) is 8.42 Å². The SMILES string of the molecule is CCCCCCCC/C=C/CC/C=C/C(O)C(CS(=O)(=O)O)NC(=O)C(O)CCCCCCCCCC. The van der Waals surface area contributed by atoms with E-state index >= 15 is 0 Å². The van der Waals surface area contributed by atoms with Crippen molar-refractivity contribution in [2.75, 3.05) is 5.75 Å². The van der Waals surface area contributed by atoms with Gasteiger partial charge in [-0.3, -0.25) is 9.35 Å². The van der Waals surface area contributed by atoms with Crippen molar-refractivity contribution in [1.29, 1.82) is 0 Å². The number of amides is 1. The van der Waals surface area contributed by atoms with Crippen LogP contribution in [0.15, 0.2) is 24.3 Å². The normalized spacial score (nSPS) is 14.8. The summed E-state index contributed by atoms with van der Waals surface area (Å²) >= 11 is 0. The van der Waals surface area contributed by atoms with Crippen LogP contribution in [0.25, 0.3) is 0 Å². The number of hydrogen-bond acceptors (Lipinski definition) is 5. The molecule has 0 radical (unpaired) electrons. The monoisotopic (exact) mass is 545 g/mol. The first-order valence-corrected chi connectivity index (χ1v) is 16.3. The van der Waals surface area contributed by atoms with E-state index in [1.54, 1.807) is 6.08 Å².